The molecule has 0 fully saturated rings. The van der Waals surface area contributed by atoms with Crippen molar-refractivity contribution in [1.29, 1.82) is 0 Å². The van der Waals surface area contributed by atoms with Crippen molar-refractivity contribution in [2.45, 2.75) is 33.1 Å². The zero-order valence-electron chi connectivity index (χ0n) is 26.1. The molecular formula is C34H32FN7O3S2. The molecule has 2 aromatic carbocycles. The molecule has 0 bridgehead atoms. The van der Waals surface area contributed by atoms with Crippen LogP contribution in [0.25, 0.3) is 10.2 Å². The monoisotopic (exact) mass is 669 g/mol. The van der Waals surface area contributed by atoms with Crippen molar-refractivity contribution >= 4 is 60.8 Å². The Morgan fingerprint density at radius 2 is 2.04 bits per heavy atom. The summed E-state index contributed by atoms with van der Waals surface area (Å²) >= 11 is 2.82. The molecule has 0 spiro atoms. The lowest BCUT2D eigenvalue weighted by molar-refractivity contribution is 0.0690. The number of ether oxygens (including phenoxy) is 1. The second kappa shape index (κ2) is 14.3. The number of thiazole rings is 2. The van der Waals surface area contributed by atoms with Crippen LogP contribution in [0.2, 0.25) is 0 Å². The minimum atomic E-state index is -1.12. The minimum absolute atomic E-state index is 0.0212. The first kappa shape index (κ1) is 32.1. The normalized spacial score (nSPS) is 12.2. The Bertz CT molecular complexity index is 2000. The van der Waals surface area contributed by atoms with E-state index in [4.69, 9.17) is 4.74 Å². The third-order valence-corrected chi connectivity index (χ3v) is 9.67. The van der Waals surface area contributed by atoms with E-state index in [2.05, 4.69) is 42.2 Å². The quantitative estimate of drug-likeness (QED) is 0.113. The van der Waals surface area contributed by atoms with E-state index in [-0.39, 0.29) is 18.1 Å². The maximum absolute atomic E-state index is 14.6. The number of nitrogens with zero attached hydrogens (tertiary/aromatic N) is 6. The van der Waals surface area contributed by atoms with Gasteiger partial charge in [-0.05, 0) is 70.1 Å². The number of anilines is 4. The second-order valence-electron chi connectivity index (χ2n) is 10.8. The van der Waals surface area contributed by atoms with Crippen LogP contribution in [0.4, 0.5) is 26.3 Å². The van der Waals surface area contributed by atoms with Crippen LogP contribution in [-0.2, 0) is 12.8 Å². The van der Waals surface area contributed by atoms with Gasteiger partial charge in [-0.25, -0.2) is 19.2 Å². The molecule has 47 heavy (non-hydrogen) atoms. The van der Waals surface area contributed by atoms with Gasteiger partial charge in [0.05, 0.1) is 23.4 Å². The average molecular weight is 670 g/mol. The molecule has 0 radical (unpaired) electrons. The first-order valence-electron chi connectivity index (χ1n) is 15.1. The molecule has 2 N–H and O–H groups in total. The molecule has 10 nitrogen and oxygen atoms in total. The zero-order valence-corrected chi connectivity index (χ0v) is 27.7. The van der Waals surface area contributed by atoms with Gasteiger partial charge in [0.1, 0.15) is 0 Å². The Balaban J connectivity index is 1.12. The van der Waals surface area contributed by atoms with E-state index in [1.54, 1.807) is 28.4 Å². The molecule has 1 aliphatic heterocycles. The lowest BCUT2D eigenvalue weighted by Crippen LogP contribution is -2.18. The highest BCUT2D eigenvalue weighted by molar-refractivity contribution is 7.22. The summed E-state index contributed by atoms with van der Waals surface area (Å²) in [6.07, 6.45) is 5.34. The minimum Gasteiger partial charge on any atom is -0.491 e. The van der Waals surface area contributed by atoms with Gasteiger partial charge in [0, 0.05) is 27.8 Å². The van der Waals surface area contributed by atoms with Gasteiger partial charge in [0.25, 0.3) is 0 Å². The number of rotatable bonds is 11. The SMILES string of the molecule is CCN(C)CC#Cc1ccc(OCCCc2sc(N3C=CCc4c3nnc(Nc3nc5ccccc5s3)c4C)nc2C(=O)O)c(F)c1. The molecule has 6 rings (SSSR count). The number of hydrogen-bond acceptors (Lipinski definition) is 11. The summed E-state index contributed by atoms with van der Waals surface area (Å²) in [6.45, 7) is 5.72. The van der Waals surface area contributed by atoms with Crippen molar-refractivity contribution in [3.8, 4) is 17.6 Å². The number of aromatic carboxylic acids is 1. The van der Waals surface area contributed by atoms with Crippen LogP contribution in [0.1, 0.15) is 45.4 Å². The lowest BCUT2D eigenvalue weighted by Gasteiger charge is -2.24. The van der Waals surface area contributed by atoms with Crippen LogP contribution in [0.3, 0.4) is 0 Å². The Hall–Kier alpha value is -4.90. The number of para-hydroxylation sites is 1. The molecule has 240 valence electrons. The molecule has 0 amide bonds. The number of aryl methyl sites for hydroxylation is 1. The zero-order chi connectivity index (χ0) is 32.9. The maximum Gasteiger partial charge on any atom is 0.355 e. The smallest absolute Gasteiger partial charge is 0.355 e. The first-order chi connectivity index (χ1) is 22.8. The van der Waals surface area contributed by atoms with Crippen LogP contribution < -0.4 is 15.0 Å². The fourth-order valence-electron chi connectivity index (χ4n) is 4.91. The standard InChI is InChI=1S/C34H32FN7O3S2/c1-4-41(3)17-7-10-22-15-16-26(24(35)20-22)45-19-9-14-28-29(32(43)44)37-34(47-28)42-18-8-11-23-21(2)30(39-40-31(23)42)38-33-36-25-12-5-6-13-27(25)46-33/h5-6,8,12-13,15-16,18,20H,4,9,11,14,17,19H2,1-3H3,(H,43,44)(H,36,38,39). The van der Waals surface area contributed by atoms with E-state index in [1.165, 1.54) is 17.4 Å². The molecule has 0 saturated heterocycles. The van der Waals surface area contributed by atoms with Gasteiger partial charge in [0.15, 0.2) is 39.2 Å². The molecule has 13 heteroatoms. The molecule has 3 aromatic heterocycles. The summed E-state index contributed by atoms with van der Waals surface area (Å²) in [5.74, 6) is 5.74. The number of nitrogens with one attached hydrogen (secondary N) is 1. The van der Waals surface area contributed by atoms with Gasteiger partial charge in [0.2, 0.25) is 0 Å². The van der Waals surface area contributed by atoms with E-state index < -0.39 is 11.8 Å². The van der Waals surface area contributed by atoms with Crippen LogP contribution in [0.5, 0.6) is 5.75 Å². The highest BCUT2D eigenvalue weighted by Crippen LogP contribution is 2.38. The highest BCUT2D eigenvalue weighted by atomic mass is 32.1. The van der Waals surface area contributed by atoms with E-state index in [0.29, 0.717) is 53.0 Å². The number of aromatic nitrogens is 4. The lowest BCUT2D eigenvalue weighted by atomic mass is 10.1. The predicted molar refractivity (Wildman–Crippen MR) is 184 cm³/mol. The van der Waals surface area contributed by atoms with E-state index in [0.717, 1.165) is 33.0 Å². The van der Waals surface area contributed by atoms with Crippen molar-refractivity contribution in [1.82, 2.24) is 25.1 Å². The van der Waals surface area contributed by atoms with Crippen molar-refractivity contribution in [2.24, 2.45) is 0 Å². The van der Waals surface area contributed by atoms with Crippen LogP contribution >= 0.6 is 22.7 Å². The molecule has 0 atom stereocenters. The Labute approximate surface area is 279 Å². The Kier molecular flexibility index (Phi) is 9.72. The summed E-state index contributed by atoms with van der Waals surface area (Å²) in [7, 11) is 1.97. The molecule has 1 aliphatic rings. The van der Waals surface area contributed by atoms with Crippen molar-refractivity contribution in [3.63, 3.8) is 0 Å². The number of carboxylic acid groups (broad SMARTS) is 1. The number of hydrogen-bond donors (Lipinski definition) is 2. The average Bonchev–Trinajstić information content (AvgIpc) is 3.69. The third kappa shape index (κ3) is 7.25. The number of allylic oxidation sites excluding steroid dienone is 1. The van der Waals surface area contributed by atoms with Crippen LogP contribution in [-0.4, -0.2) is 62.9 Å². The highest BCUT2D eigenvalue weighted by Gasteiger charge is 2.26. The van der Waals surface area contributed by atoms with Crippen molar-refractivity contribution in [2.75, 3.05) is 37.0 Å². The van der Waals surface area contributed by atoms with E-state index >= 15 is 0 Å². The van der Waals surface area contributed by atoms with E-state index in [9.17, 15) is 14.3 Å². The topological polar surface area (TPSA) is 117 Å². The maximum atomic E-state index is 14.6. The second-order valence-corrected chi connectivity index (χ2v) is 12.9. The Morgan fingerprint density at radius 1 is 1.19 bits per heavy atom. The fraction of sp³-hybridized carbons (Fsp3) is 0.265. The number of benzene rings is 2. The fourth-order valence-corrected chi connectivity index (χ4v) is 6.85. The van der Waals surface area contributed by atoms with Gasteiger partial charge >= 0.3 is 5.97 Å². The molecule has 0 saturated carbocycles. The number of carbonyl (C=O) groups is 1. The largest absolute Gasteiger partial charge is 0.491 e. The summed E-state index contributed by atoms with van der Waals surface area (Å²) in [5.41, 5.74) is 3.35. The summed E-state index contributed by atoms with van der Waals surface area (Å²) < 4.78 is 21.4. The molecule has 5 aromatic rings. The summed E-state index contributed by atoms with van der Waals surface area (Å²) in [4.78, 5) is 25.7. The van der Waals surface area contributed by atoms with Crippen molar-refractivity contribution in [3.05, 3.63) is 87.8 Å². The molecule has 0 unspecified atom stereocenters. The number of fused-ring (bicyclic) bond motifs is 2. The van der Waals surface area contributed by atoms with Gasteiger partial charge in [-0.2, -0.15) is 0 Å². The molecular weight excluding hydrogens is 638 g/mol. The third-order valence-electron chi connectivity index (χ3n) is 7.60. The summed E-state index contributed by atoms with van der Waals surface area (Å²) in [5, 5.41) is 23.4. The van der Waals surface area contributed by atoms with Gasteiger partial charge in [-0.15, -0.1) is 21.5 Å². The Morgan fingerprint density at radius 3 is 2.83 bits per heavy atom. The van der Waals surface area contributed by atoms with E-state index in [1.807, 2.05) is 57.4 Å². The predicted octanol–water partition coefficient (Wildman–Crippen LogP) is 6.95. The van der Waals surface area contributed by atoms with Crippen LogP contribution in [0, 0.1) is 24.6 Å². The molecule has 4 heterocycles. The summed E-state index contributed by atoms with van der Waals surface area (Å²) in [6, 6.07) is 12.6. The van der Waals surface area contributed by atoms with Gasteiger partial charge < -0.3 is 15.2 Å². The first-order valence-corrected chi connectivity index (χ1v) is 16.7. The molecule has 0 aliphatic carbocycles. The van der Waals surface area contributed by atoms with Crippen molar-refractivity contribution < 1.29 is 19.0 Å². The number of carboxylic acids is 1. The van der Waals surface area contributed by atoms with Gasteiger partial charge in [-0.1, -0.05) is 48.3 Å². The van der Waals surface area contributed by atoms with Crippen LogP contribution in [0.15, 0.2) is 54.7 Å². The number of halogens is 1. The van der Waals surface area contributed by atoms with Gasteiger partial charge in [-0.3, -0.25) is 9.80 Å².